The number of aromatic nitrogens is 3. The Morgan fingerprint density at radius 1 is 1.15 bits per heavy atom. The molecule has 1 unspecified atom stereocenters. The summed E-state index contributed by atoms with van der Waals surface area (Å²) < 4.78 is 13.7. The van der Waals surface area contributed by atoms with Crippen LogP contribution in [0.1, 0.15) is 82.5 Å². The van der Waals surface area contributed by atoms with E-state index in [0.29, 0.717) is 6.10 Å². The SMILES string of the molecule is CCCCCCc1cn(C(C)c2ccc(OC)c(OC3CCCC3)c2)nn1. The van der Waals surface area contributed by atoms with E-state index in [9.17, 15) is 0 Å². The maximum Gasteiger partial charge on any atom is 0.161 e. The van der Waals surface area contributed by atoms with Gasteiger partial charge in [0.15, 0.2) is 11.5 Å². The van der Waals surface area contributed by atoms with E-state index in [0.717, 1.165) is 42.0 Å². The van der Waals surface area contributed by atoms with Gasteiger partial charge >= 0.3 is 0 Å². The van der Waals surface area contributed by atoms with Crippen molar-refractivity contribution in [1.82, 2.24) is 15.0 Å². The number of nitrogens with zero attached hydrogens (tertiary/aromatic N) is 3. The molecule has 1 saturated carbocycles. The van der Waals surface area contributed by atoms with Crippen molar-refractivity contribution in [3.05, 3.63) is 35.7 Å². The molecule has 1 heterocycles. The fourth-order valence-electron chi connectivity index (χ4n) is 3.73. The van der Waals surface area contributed by atoms with E-state index >= 15 is 0 Å². The first kappa shape index (κ1) is 19.7. The second kappa shape index (κ2) is 9.77. The standard InChI is InChI=1S/C22H33N3O2/c1-4-5-6-7-10-19-16-25(24-23-19)17(2)18-13-14-21(26-3)22(15-18)27-20-11-8-9-12-20/h13-17,20H,4-12H2,1-3H3. The van der Waals surface area contributed by atoms with Crippen LogP contribution in [-0.2, 0) is 6.42 Å². The van der Waals surface area contributed by atoms with Crippen LogP contribution >= 0.6 is 0 Å². The van der Waals surface area contributed by atoms with Gasteiger partial charge in [-0.15, -0.1) is 5.10 Å². The highest BCUT2D eigenvalue weighted by Gasteiger charge is 2.20. The molecule has 1 aliphatic carbocycles. The van der Waals surface area contributed by atoms with Crippen LogP contribution in [0.5, 0.6) is 11.5 Å². The predicted molar refractivity (Wildman–Crippen MR) is 108 cm³/mol. The minimum Gasteiger partial charge on any atom is -0.493 e. The highest BCUT2D eigenvalue weighted by Crippen LogP contribution is 2.34. The summed E-state index contributed by atoms with van der Waals surface area (Å²) in [5, 5.41) is 8.72. The van der Waals surface area contributed by atoms with Crippen LogP contribution in [0.15, 0.2) is 24.4 Å². The predicted octanol–water partition coefficient (Wildman–Crippen LogP) is 5.34. The second-order valence-electron chi connectivity index (χ2n) is 7.61. The normalized spacial score (nSPS) is 15.8. The molecule has 1 aromatic heterocycles. The monoisotopic (exact) mass is 371 g/mol. The van der Waals surface area contributed by atoms with Gasteiger partial charge in [0.2, 0.25) is 0 Å². The van der Waals surface area contributed by atoms with Crippen molar-refractivity contribution in [2.75, 3.05) is 7.11 Å². The minimum absolute atomic E-state index is 0.110. The summed E-state index contributed by atoms with van der Waals surface area (Å²) >= 11 is 0. The van der Waals surface area contributed by atoms with Gasteiger partial charge in [-0.25, -0.2) is 4.68 Å². The molecule has 1 aromatic carbocycles. The van der Waals surface area contributed by atoms with Crippen molar-refractivity contribution < 1.29 is 9.47 Å². The van der Waals surface area contributed by atoms with E-state index in [1.54, 1.807) is 7.11 Å². The molecule has 2 aromatic rings. The molecule has 0 saturated heterocycles. The maximum atomic E-state index is 6.24. The average molecular weight is 372 g/mol. The Labute approximate surface area is 163 Å². The van der Waals surface area contributed by atoms with Crippen LogP contribution in [0.2, 0.25) is 0 Å². The van der Waals surface area contributed by atoms with Gasteiger partial charge in [0.05, 0.1) is 24.9 Å². The van der Waals surface area contributed by atoms with E-state index in [-0.39, 0.29) is 6.04 Å². The minimum atomic E-state index is 0.110. The van der Waals surface area contributed by atoms with E-state index in [1.165, 1.54) is 38.5 Å². The van der Waals surface area contributed by atoms with Gasteiger partial charge in [-0.05, 0) is 63.1 Å². The third-order valence-electron chi connectivity index (χ3n) is 5.51. The first-order valence-corrected chi connectivity index (χ1v) is 10.5. The van der Waals surface area contributed by atoms with Crippen molar-refractivity contribution in [2.24, 2.45) is 0 Å². The first-order valence-electron chi connectivity index (χ1n) is 10.5. The van der Waals surface area contributed by atoms with Gasteiger partial charge in [-0.3, -0.25) is 0 Å². The van der Waals surface area contributed by atoms with E-state index < -0.39 is 0 Å². The highest BCUT2D eigenvalue weighted by molar-refractivity contribution is 5.44. The van der Waals surface area contributed by atoms with Crippen molar-refractivity contribution in [2.45, 2.75) is 83.8 Å². The molecule has 0 spiro atoms. The van der Waals surface area contributed by atoms with Crippen LogP contribution in [-0.4, -0.2) is 28.2 Å². The molecule has 27 heavy (non-hydrogen) atoms. The maximum absolute atomic E-state index is 6.24. The quantitative estimate of drug-likeness (QED) is 0.529. The highest BCUT2D eigenvalue weighted by atomic mass is 16.5. The van der Waals surface area contributed by atoms with Crippen LogP contribution in [0.4, 0.5) is 0 Å². The number of benzene rings is 1. The molecule has 1 atom stereocenters. The molecule has 3 rings (SSSR count). The van der Waals surface area contributed by atoms with E-state index in [1.807, 2.05) is 10.7 Å². The second-order valence-corrected chi connectivity index (χ2v) is 7.61. The van der Waals surface area contributed by atoms with Crippen molar-refractivity contribution in [3.63, 3.8) is 0 Å². The Bertz CT molecular complexity index is 707. The Morgan fingerprint density at radius 3 is 2.70 bits per heavy atom. The summed E-state index contributed by atoms with van der Waals surface area (Å²) in [5.41, 5.74) is 2.24. The van der Waals surface area contributed by atoms with Crippen LogP contribution in [0, 0.1) is 0 Å². The smallest absolute Gasteiger partial charge is 0.161 e. The molecule has 5 nitrogen and oxygen atoms in total. The number of hydrogen-bond acceptors (Lipinski definition) is 4. The van der Waals surface area contributed by atoms with E-state index in [4.69, 9.17) is 9.47 Å². The molecule has 0 bridgehead atoms. The third kappa shape index (κ3) is 5.24. The molecule has 1 aliphatic rings. The largest absolute Gasteiger partial charge is 0.493 e. The molecule has 1 fully saturated rings. The Kier molecular flexibility index (Phi) is 7.13. The molecule has 0 N–H and O–H groups in total. The van der Waals surface area contributed by atoms with Gasteiger partial charge < -0.3 is 9.47 Å². The average Bonchev–Trinajstić information content (AvgIpc) is 3.37. The Morgan fingerprint density at radius 2 is 1.96 bits per heavy atom. The number of unbranched alkanes of at least 4 members (excludes halogenated alkanes) is 3. The first-order chi connectivity index (χ1) is 13.2. The number of methoxy groups -OCH3 is 1. The number of ether oxygens (including phenoxy) is 2. The van der Waals surface area contributed by atoms with Crippen molar-refractivity contribution in [1.29, 1.82) is 0 Å². The van der Waals surface area contributed by atoms with Gasteiger partial charge in [0.1, 0.15) is 0 Å². The van der Waals surface area contributed by atoms with Crippen molar-refractivity contribution >= 4 is 0 Å². The van der Waals surface area contributed by atoms with Crippen LogP contribution in [0.25, 0.3) is 0 Å². The lowest BCUT2D eigenvalue weighted by Crippen LogP contribution is -2.13. The summed E-state index contributed by atoms with van der Waals surface area (Å²) in [6.45, 7) is 4.38. The molecule has 0 amide bonds. The zero-order chi connectivity index (χ0) is 19.1. The lowest BCUT2D eigenvalue weighted by Gasteiger charge is -2.19. The zero-order valence-corrected chi connectivity index (χ0v) is 17.0. The lowest BCUT2D eigenvalue weighted by atomic mass is 10.1. The van der Waals surface area contributed by atoms with Crippen LogP contribution < -0.4 is 9.47 Å². The van der Waals surface area contributed by atoms with Gasteiger partial charge in [-0.1, -0.05) is 37.5 Å². The van der Waals surface area contributed by atoms with Crippen LogP contribution in [0.3, 0.4) is 0 Å². The summed E-state index contributed by atoms with van der Waals surface area (Å²) in [5.74, 6) is 1.64. The zero-order valence-electron chi connectivity index (χ0n) is 17.0. The summed E-state index contributed by atoms with van der Waals surface area (Å²) in [4.78, 5) is 0. The molecule has 0 radical (unpaired) electrons. The van der Waals surface area contributed by atoms with Gasteiger partial charge in [0, 0.05) is 6.20 Å². The fourth-order valence-corrected chi connectivity index (χ4v) is 3.73. The fraction of sp³-hybridized carbons (Fsp3) is 0.636. The summed E-state index contributed by atoms with van der Waals surface area (Å²) in [6.07, 6.45) is 13.2. The summed E-state index contributed by atoms with van der Waals surface area (Å²) in [7, 11) is 1.70. The Hall–Kier alpha value is -2.04. The summed E-state index contributed by atoms with van der Waals surface area (Å²) in [6, 6.07) is 6.30. The molecule has 148 valence electrons. The molecular weight excluding hydrogens is 338 g/mol. The molecular formula is C22H33N3O2. The van der Waals surface area contributed by atoms with E-state index in [2.05, 4.69) is 42.5 Å². The van der Waals surface area contributed by atoms with Gasteiger partial charge in [0.25, 0.3) is 0 Å². The van der Waals surface area contributed by atoms with Gasteiger partial charge in [-0.2, -0.15) is 0 Å². The number of hydrogen-bond donors (Lipinski definition) is 0. The lowest BCUT2D eigenvalue weighted by molar-refractivity contribution is 0.200. The Balaban J connectivity index is 1.68. The number of rotatable bonds is 10. The third-order valence-corrected chi connectivity index (χ3v) is 5.51. The van der Waals surface area contributed by atoms with Crippen molar-refractivity contribution in [3.8, 4) is 11.5 Å². The molecule has 5 heteroatoms. The molecule has 0 aliphatic heterocycles. The topological polar surface area (TPSA) is 49.2 Å². The number of aryl methyl sites for hydroxylation is 1.